The average molecular weight is 191 g/mol. The molecule has 0 saturated carbocycles. The molecule has 0 aliphatic rings. The molecule has 2 N–H and O–H groups in total. The Morgan fingerprint density at radius 3 is 2.83 bits per heavy atom. The molecule has 4 heteroatoms. The van der Waals surface area contributed by atoms with E-state index in [9.17, 15) is 4.79 Å². The van der Waals surface area contributed by atoms with Crippen molar-refractivity contribution in [3.63, 3.8) is 0 Å². The summed E-state index contributed by atoms with van der Waals surface area (Å²) in [5, 5.41) is 0. The molecule has 1 unspecified atom stereocenters. The van der Waals surface area contributed by atoms with Crippen LogP contribution in [0.2, 0.25) is 0 Å². The molecule has 0 heterocycles. The summed E-state index contributed by atoms with van der Waals surface area (Å²) in [6.45, 7) is 4.24. The molecular weight excluding hydrogens is 174 g/mol. The topological polar surface area (TPSA) is 52.3 Å². The van der Waals surface area contributed by atoms with Gasteiger partial charge in [0.1, 0.15) is 0 Å². The summed E-state index contributed by atoms with van der Waals surface area (Å²) in [6.07, 6.45) is 0.491. The van der Waals surface area contributed by atoms with Crippen LogP contribution < -0.4 is 5.73 Å². The third-order valence-corrected chi connectivity index (χ3v) is 2.39. The first kappa shape index (κ1) is 11.8. The summed E-state index contributed by atoms with van der Waals surface area (Å²) < 4.78 is 4.77. The maximum absolute atomic E-state index is 10.8. The smallest absolute Gasteiger partial charge is 0.306 e. The highest BCUT2D eigenvalue weighted by Gasteiger charge is 2.01. The van der Waals surface area contributed by atoms with E-state index in [1.807, 2.05) is 13.8 Å². The number of hydrogen-bond acceptors (Lipinski definition) is 4. The van der Waals surface area contributed by atoms with E-state index >= 15 is 0 Å². The lowest BCUT2D eigenvalue weighted by Crippen LogP contribution is -2.18. The minimum atomic E-state index is -0.116. The van der Waals surface area contributed by atoms with Crippen LogP contribution in [0.25, 0.3) is 0 Å². The fourth-order valence-electron chi connectivity index (χ4n) is 0.658. The van der Waals surface area contributed by atoms with E-state index in [0.29, 0.717) is 13.0 Å². The third kappa shape index (κ3) is 7.88. The van der Waals surface area contributed by atoms with Crippen LogP contribution in [0.3, 0.4) is 0 Å². The van der Waals surface area contributed by atoms with Crippen molar-refractivity contribution in [3.8, 4) is 0 Å². The van der Waals surface area contributed by atoms with Gasteiger partial charge in [-0.2, -0.15) is 11.8 Å². The van der Waals surface area contributed by atoms with Crippen molar-refractivity contribution in [1.29, 1.82) is 0 Å². The molecule has 0 bridgehead atoms. The van der Waals surface area contributed by atoms with Crippen molar-refractivity contribution in [2.24, 2.45) is 5.73 Å². The fraction of sp³-hybridized carbons (Fsp3) is 0.875. The van der Waals surface area contributed by atoms with E-state index in [0.717, 1.165) is 11.5 Å². The van der Waals surface area contributed by atoms with E-state index in [1.165, 1.54) is 0 Å². The maximum atomic E-state index is 10.8. The quantitative estimate of drug-likeness (QED) is 0.503. The van der Waals surface area contributed by atoms with Gasteiger partial charge in [-0.15, -0.1) is 0 Å². The summed E-state index contributed by atoms with van der Waals surface area (Å²) in [6, 6.07) is 0.206. The summed E-state index contributed by atoms with van der Waals surface area (Å²) in [4.78, 5) is 10.8. The molecule has 3 nitrogen and oxygen atoms in total. The van der Waals surface area contributed by atoms with Gasteiger partial charge in [0.15, 0.2) is 0 Å². The predicted octanol–water partition coefficient (Wildman–Crippen LogP) is 1.02. The molecule has 0 aromatic rings. The Morgan fingerprint density at radius 2 is 2.33 bits per heavy atom. The van der Waals surface area contributed by atoms with Crippen LogP contribution in [-0.4, -0.2) is 30.1 Å². The number of carbonyl (C=O) groups excluding carboxylic acids is 1. The van der Waals surface area contributed by atoms with Gasteiger partial charge in [0.2, 0.25) is 0 Å². The van der Waals surface area contributed by atoms with E-state index in [2.05, 4.69) is 0 Å². The van der Waals surface area contributed by atoms with Crippen molar-refractivity contribution in [1.82, 2.24) is 0 Å². The largest absolute Gasteiger partial charge is 0.466 e. The number of ether oxygens (including phenoxy) is 1. The van der Waals surface area contributed by atoms with Gasteiger partial charge in [0, 0.05) is 17.5 Å². The molecule has 0 amide bonds. The van der Waals surface area contributed by atoms with Crippen molar-refractivity contribution < 1.29 is 9.53 Å². The monoisotopic (exact) mass is 191 g/mol. The Morgan fingerprint density at radius 1 is 1.67 bits per heavy atom. The molecule has 1 atom stereocenters. The first-order valence-corrected chi connectivity index (χ1v) is 5.31. The van der Waals surface area contributed by atoms with Gasteiger partial charge in [-0.1, -0.05) is 0 Å². The summed E-state index contributed by atoms with van der Waals surface area (Å²) in [7, 11) is 0. The highest BCUT2D eigenvalue weighted by Crippen LogP contribution is 2.04. The minimum Gasteiger partial charge on any atom is -0.466 e. The molecule has 12 heavy (non-hydrogen) atoms. The first-order valence-electron chi connectivity index (χ1n) is 4.15. The molecule has 0 spiro atoms. The Bertz CT molecular complexity index is 128. The second kappa shape index (κ2) is 7.43. The lowest BCUT2D eigenvalue weighted by atomic mass is 10.4. The van der Waals surface area contributed by atoms with Crippen LogP contribution in [0, 0.1) is 0 Å². The fourth-order valence-corrected chi connectivity index (χ4v) is 1.51. The van der Waals surface area contributed by atoms with Gasteiger partial charge >= 0.3 is 5.97 Å². The zero-order chi connectivity index (χ0) is 9.40. The number of nitrogens with two attached hydrogens (primary N) is 1. The van der Waals surface area contributed by atoms with Gasteiger partial charge in [0.05, 0.1) is 13.0 Å². The van der Waals surface area contributed by atoms with Crippen LogP contribution in [-0.2, 0) is 9.53 Å². The lowest BCUT2D eigenvalue weighted by Gasteiger charge is -2.04. The number of carbonyl (C=O) groups is 1. The van der Waals surface area contributed by atoms with E-state index in [1.54, 1.807) is 11.8 Å². The molecule has 0 aliphatic carbocycles. The molecule has 0 aromatic heterocycles. The second-order valence-electron chi connectivity index (χ2n) is 2.61. The average Bonchev–Trinajstić information content (AvgIpc) is 1.98. The first-order chi connectivity index (χ1) is 5.66. The van der Waals surface area contributed by atoms with Gasteiger partial charge in [-0.3, -0.25) is 4.79 Å². The Balaban J connectivity index is 3.14. The molecule has 0 saturated heterocycles. The van der Waals surface area contributed by atoms with Crippen molar-refractivity contribution in [2.45, 2.75) is 26.3 Å². The zero-order valence-electron chi connectivity index (χ0n) is 7.71. The SMILES string of the molecule is CCOC(=O)CCSCC(C)N. The Labute approximate surface area is 78.0 Å². The van der Waals surface area contributed by atoms with Crippen LogP contribution in [0.15, 0.2) is 0 Å². The molecule has 0 radical (unpaired) electrons. The summed E-state index contributed by atoms with van der Waals surface area (Å²) in [5.41, 5.74) is 5.53. The number of rotatable bonds is 6. The normalized spacial score (nSPS) is 12.6. The van der Waals surface area contributed by atoms with Gasteiger partial charge in [-0.25, -0.2) is 0 Å². The van der Waals surface area contributed by atoms with Crippen molar-refractivity contribution in [3.05, 3.63) is 0 Å². The van der Waals surface area contributed by atoms with Crippen LogP contribution >= 0.6 is 11.8 Å². The highest BCUT2D eigenvalue weighted by atomic mass is 32.2. The molecule has 0 aromatic carbocycles. The molecule has 0 fully saturated rings. The van der Waals surface area contributed by atoms with Gasteiger partial charge in [-0.05, 0) is 13.8 Å². The van der Waals surface area contributed by atoms with Crippen molar-refractivity contribution >= 4 is 17.7 Å². The van der Waals surface area contributed by atoms with Crippen LogP contribution in [0.4, 0.5) is 0 Å². The van der Waals surface area contributed by atoms with E-state index in [4.69, 9.17) is 10.5 Å². The van der Waals surface area contributed by atoms with E-state index in [-0.39, 0.29) is 12.0 Å². The van der Waals surface area contributed by atoms with Gasteiger partial charge < -0.3 is 10.5 Å². The van der Waals surface area contributed by atoms with Crippen LogP contribution in [0.1, 0.15) is 20.3 Å². The molecule has 72 valence electrons. The number of esters is 1. The molecular formula is C8H17NO2S. The molecule has 0 aliphatic heterocycles. The number of hydrogen-bond donors (Lipinski definition) is 1. The minimum absolute atomic E-state index is 0.116. The van der Waals surface area contributed by atoms with Crippen molar-refractivity contribution in [2.75, 3.05) is 18.1 Å². The number of thioether (sulfide) groups is 1. The predicted molar refractivity (Wildman–Crippen MR) is 52.2 cm³/mol. The second-order valence-corrected chi connectivity index (χ2v) is 3.76. The third-order valence-electron chi connectivity index (χ3n) is 1.14. The molecule has 0 rings (SSSR count). The lowest BCUT2D eigenvalue weighted by molar-refractivity contribution is -0.142. The zero-order valence-corrected chi connectivity index (χ0v) is 8.52. The summed E-state index contributed by atoms with van der Waals surface area (Å²) >= 11 is 1.69. The highest BCUT2D eigenvalue weighted by molar-refractivity contribution is 7.99. The Kier molecular flexibility index (Phi) is 7.29. The van der Waals surface area contributed by atoms with Gasteiger partial charge in [0.25, 0.3) is 0 Å². The maximum Gasteiger partial charge on any atom is 0.306 e. The Hall–Kier alpha value is -0.220. The standard InChI is InChI=1S/C8H17NO2S/c1-3-11-8(10)4-5-12-6-7(2)9/h7H,3-6,9H2,1-2H3. The summed E-state index contributed by atoms with van der Waals surface area (Å²) in [5.74, 6) is 1.59. The van der Waals surface area contributed by atoms with E-state index < -0.39 is 0 Å². The van der Waals surface area contributed by atoms with Crippen LogP contribution in [0.5, 0.6) is 0 Å².